The molecular weight excluding hydrogens is 401 g/mol. The number of benzene rings is 2. The maximum atomic E-state index is 13.3. The molecule has 0 radical (unpaired) electrons. The lowest BCUT2D eigenvalue weighted by atomic mass is 10.1. The van der Waals surface area contributed by atoms with Gasteiger partial charge in [-0.25, -0.2) is 13.6 Å². The molecule has 0 fully saturated rings. The lowest BCUT2D eigenvalue weighted by Crippen LogP contribution is -1.92. The van der Waals surface area contributed by atoms with E-state index in [0.29, 0.717) is 0 Å². The number of nitrogens with zero attached hydrogens (tertiary/aromatic N) is 1. The summed E-state index contributed by atoms with van der Waals surface area (Å²) in [5.41, 5.74) is 3.43. The van der Waals surface area contributed by atoms with Crippen molar-refractivity contribution >= 4 is 33.8 Å². The summed E-state index contributed by atoms with van der Waals surface area (Å²) in [5.74, 6) is -0.177. The Morgan fingerprint density at radius 1 is 1.00 bits per heavy atom. The highest BCUT2D eigenvalue weighted by atomic mass is 32.2. The van der Waals surface area contributed by atoms with Crippen molar-refractivity contribution in [2.45, 2.75) is 5.75 Å². The predicted molar refractivity (Wildman–Crippen MR) is 111 cm³/mol. The second-order valence-corrected chi connectivity index (χ2v) is 8.72. The smallest absolute Gasteiger partial charge is 0.157 e. The second kappa shape index (κ2) is 7.82. The number of aromatic nitrogens is 1. The van der Waals surface area contributed by atoms with Crippen LogP contribution in [-0.4, -0.2) is 13.7 Å². The highest BCUT2D eigenvalue weighted by Gasteiger charge is 2.17. The Kier molecular flexibility index (Phi) is 5.27. The van der Waals surface area contributed by atoms with Crippen molar-refractivity contribution < 1.29 is 13.2 Å². The normalized spacial score (nSPS) is 12.2. The number of rotatable bonds is 5. The van der Waals surface area contributed by atoms with E-state index in [1.165, 1.54) is 12.1 Å². The Bertz CT molecular complexity index is 1070. The van der Waals surface area contributed by atoms with Crippen LogP contribution in [0.15, 0.2) is 66.0 Å². The van der Waals surface area contributed by atoms with Crippen LogP contribution in [0.1, 0.15) is 5.56 Å². The molecule has 1 unspecified atom stereocenters. The van der Waals surface area contributed by atoms with Crippen LogP contribution >= 0.6 is 22.7 Å². The molecule has 3 nitrogen and oxygen atoms in total. The third-order valence-corrected chi connectivity index (χ3v) is 6.71. The third-order valence-electron chi connectivity index (χ3n) is 3.98. The van der Waals surface area contributed by atoms with Gasteiger partial charge in [-0.1, -0.05) is 30.3 Å². The van der Waals surface area contributed by atoms with Gasteiger partial charge in [0.15, 0.2) is 11.1 Å². The van der Waals surface area contributed by atoms with E-state index in [1.807, 2.05) is 41.8 Å². The van der Waals surface area contributed by atoms with Crippen LogP contribution in [0.5, 0.6) is 0 Å². The summed E-state index contributed by atoms with van der Waals surface area (Å²) >= 11 is 1.35. The Balaban J connectivity index is 1.80. The summed E-state index contributed by atoms with van der Waals surface area (Å²) in [5, 5.41) is 2.93. The molecule has 136 valence electrons. The Hall–Kier alpha value is -2.19. The number of thiophene rings is 1. The molecule has 0 bridgehead atoms. The van der Waals surface area contributed by atoms with Gasteiger partial charge in [0.05, 0.1) is 21.2 Å². The largest absolute Gasteiger partial charge is 0.306 e. The molecule has 0 aliphatic heterocycles. The summed E-state index contributed by atoms with van der Waals surface area (Å²) in [6, 6.07) is 17.9. The van der Waals surface area contributed by atoms with E-state index >= 15 is 0 Å². The van der Waals surface area contributed by atoms with Crippen LogP contribution in [0, 0.1) is 5.82 Å². The first-order chi connectivity index (χ1) is 13.1. The van der Waals surface area contributed by atoms with Crippen molar-refractivity contribution in [3.05, 3.63) is 77.4 Å². The highest BCUT2D eigenvalue weighted by Crippen LogP contribution is 2.41. The van der Waals surface area contributed by atoms with E-state index in [0.717, 1.165) is 37.1 Å². The van der Waals surface area contributed by atoms with Crippen LogP contribution in [0.2, 0.25) is 0 Å². The van der Waals surface area contributed by atoms with Gasteiger partial charge in [-0.05, 0) is 46.8 Å². The molecule has 0 saturated heterocycles. The van der Waals surface area contributed by atoms with Gasteiger partial charge in [0, 0.05) is 5.56 Å². The monoisotopic (exact) mass is 415 g/mol. The number of halogens is 1. The van der Waals surface area contributed by atoms with E-state index in [-0.39, 0.29) is 11.6 Å². The zero-order valence-corrected chi connectivity index (χ0v) is 16.4. The fourth-order valence-electron chi connectivity index (χ4n) is 2.72. The van der Waals surface area contributed by atoms with Crippen LogP contribution in [0.3, 0.4) is 0 Å². The van der Waals surface area contributed by atoms with Crippen LogP contribution in [0.4, 0.5) is 4.39 Å². The van der Waals surface area contributed by atoms with E-state index in [2.05, 4.69) is 0 Å². The Labute approximate surface area is 166 Å². The molecule has 1 N–H and O–H groups in total. The molecule has 4 aromatic rings. The van der Waals surface area contributed by atoms with E-state index in [1.54, 1.807) is 34.8 Å². The van der Waals surface area contributed by atoms with Gasteiger partial charge >= 0.3 is 0 Å². The van der Waals surface area contributed by atoms with Gasteiger partial charge in [0.2, 0.25) is 0 Å². The van der Waals surface area contributed by atoms with Crippen molar-refractivity contribution in [3.8, 4) is 31.6 Å². The maximum Gasteiger partial charge on any atom is 0.157 e. The first-order valence-corrected chi connectivity index (χ1v) is 11.0. The Morgan fingerprint density at radius 3 is 2.33 bits per heavy atom. The lowest BCUT2D eigenvalue weighted by Gasteiger charge is -2.04. The lowest BCUT2D eigenvalue weighted by molar-refractivity contribution is 0.563. The van der Waals surface area contributed by atoms with Crippen LogP contribution < -0.4 is 0 Å². The quantitative estimate of drug-likeness (QED) is 0.403. The van der Waals surface area contributed by atoms with Crippen molar-refractivity contribution in [1.82, 2.24) is 4.98 Å². The highest BCUT2D eigenvalue weighted by molar-refractivity contribution is 7.78. The molecule has 0 saturated carbocycles. The van der Waals surface area contributed by atoms with E-state index in [9.17, 15) is 8.60 Å². The number of hydrogen-bond donors (Lipinski definition) is 1. The average Bonchev–Trinajstić information content (AvgIpc) is 3.32. The first-order valence-electron chi connectivity index (χ1n) is 8.07. The molecular formula is C20H14FNO2S3. The third kappa shape index (κ3) is 4.06. The summed E-state index contributed by atoms with van der Waals surface area (Å²) in [7, 11) is 0. The van der Waals surface area contributed by atoms with Crippen molar-refractivity contribution in [3.63, 3.8) is 0 Å². The summed E-state index contributed by atoms with van der Waals surface area (Å²) in [6.45, 7) is 0. The molecule has 2 aromatic carbocycles. The summed E-state index contributed by atoms with van der Waals surface area (Å²) in [4.78, 5) is 6.89. The number of hydrogen-bond acceptors (Lipinski definition) is 4. The van der Waals surface area contributed by atoms with Crippen LogP contribution in [-0.2, 0) is 16.8 Å². The molecule has 2 heterocycles. The van der Waals surface area contributed by atoms with Gasteiger partial charge in [-0.15, -0.1) is 22.7 Å². The van der Waals surface area contributed by atoms with Crippen molar-refractivity contribution in [1.29, 1.82) is 0 Å². The molecule has 0 spiro atoms. The SMILES string of the molecule is O=S(O)Cc1ccc(-c2sc(-c3cccs3)nc2-c2ccc(F)cc2)cc1. The topological polar surface area (TPSA) is 50.2 Å². The van der Waals surface area contributed by atoms with Gasteiger partial charge in [0.25, 0.3) is 0 Å². The minimum absolute atomic E-state index is 0.105. The molecule has 7 heteroatoms. The predicted octanol–water partition coefficient (Wildman–Crippen LogP) is 6.07. The zero-order chi connectivity index (χ0) is 18.8. The molecule has 4 rings (SSSR count). The van der Waals surface area contributed by atoms with E-state index in [4.69, 9.17) is 9.54 Å². The molecule has 0 aliphatic carbocycles. The standard InChI is InChI=1S/C20H14FNO2S3/c21-16-9-7-14(8-10-16)18-19(26-20(22-18)17-2-1-11-25-17)15-5-3-13(4-6-15)12-27(23)24/h1-11H,12H2,(H,23,24). The van der Waals surface area contributed by atoms with Gasteiger partial charge in [-0.3, -0.25) is 0 Å². The minimum Gasteiger partial charge on any atom is -0.306 e. The van der Waals surface area contributed by atoms with E-state index < -0.39 is 11.1 Å². The molecule has 0 aliphatic rings. The Morgan fingerprint density at radius 2 is 1.70 bits per heavy atom. The second-order valence-electron chi connectivity index (χ2n) is 5.84. The van der Waals surface area contributed by atoms with Crippen LogP contribution in [0.25, 0.3) is 31.6 Å². The molecule has 2 aromatic heterocycles. The molecule has 1 atom stereocenters. The maximum absolute atomic E-state index is 13.3. The zero-order valence-electron chi connectivity index (χ0n) is 14.0. The van der Waals surface area contributed by atoms with Gasteiger partial charge in [0.1, 0.15) is 10.8 Å². The summed E-state index contributed by atoms with van der Waals surface area (Å²) < 4.78 is 33.4. The van der Waals surface area contributed by atoms with Crippen molar-refractivity contribution in [2.24, 2.45) is 0 Å². The average molecular weight is 416 g/mol. The number of thiazole rings is 1. The molecule has 0 amide bonds. The fourth-order valence-corrected chi connectivity index (χ4v) is 5.09. The van der Waals surface area contributed by atoms with Gasteiger partial charge < -0.3 is 4.55 Å². The van der Waals surface area contributed by atoms with Gasteiger partial charge in [-0.2, -0.15) is 0 Å². The summed E-state index contributed by atoms with van der Waals surface area (Å²) in [6.07, 6.45) is 0. The minimum atomic E-state index is -1.86. The van der Waals surface area contributed by atoms with Crippen molar-refractivity contribution in [2.75, 3.05) is 0 Å². The molecule has 27 heavy (non-hydrogen) atoms. The first kappa shape index (κ1) is 18.2. The fraction of sp³-hybridized carbons (Fsp3) is 0.0500.